The van der Waals surface area contributed by atoms with E-state index in [2.05, 4.69) is 6.92 Å². The van der Waals surface area contributed by atoms with Crippen molar-refractivity contribution >= 4 is 6.03 Å². The first-order valence-corrected chi connectivity index (χ1v) is 6.02. The molecule has 0 aliphatic carbocycles. The van der Waals surface area contributed by atoms with Crippen molar-refractivity contribution in [2.75, 3.05) is 46.0 Å². The molecule has 0 unspecified atom stereocenters. The topological polar surface area (TPSA) is 53.0 Å². The van der Waals surface area contributed by atoms with Gasteiger partial charge < -0.3 is 19.6 Å². The standard InChI is InChI=1S/C11H22N2O3/c1-2-3-4-12(5-8-14)11(15)13-6-9-16-10-7-13/h14H,2-10H2,1H3. The number of nitrogens with zero attached hydrogens (tertiary/aromatic N) is 2. The molecule has 1 rings (SSSR count). The van der Waals surface area contributed by atoms with E-state index in [1.54, 1.807) is 9.80 Å². The van der Waals surface area contributed by atoms with Crippen molar-refractivity contribution < 1.29 is 14.6 Å². The highest BCUT2D eigenvalue weighted by Gasteiger charge is 2.21. The summed E-state index contributed by atoms with van der Waals surface area (Å²) in [5, 5.41) is 8.95. The lowest BCUT2D eigenvalue weighted by Gasteiger charge is -2.32. The number of amides is 2. The summed E-state index contributed by atoms with van der Waals surface area (Å²) in [6.45, 7) is 5.83. The van der Waals surface area contributed by atoms with Gasteiger partial charge in [0.15, 0.2) is 0 Å². The molecule has 5 nitrogen and oxygen atoms in total. The number of aliphatic hydroxyl groups is 1. The van der Waals surface area contributed by atoms with E-state index >= 15 is 0 Å². The van der Waals surface area contributed by atoms with Gasteiger partial charge in [0.2, 0.25) is 0 Å². The average Bonchev–Trinajstić information content (AvgIpc) is 2.35. The third kappa shape index (κ3) is 3.98. The van der Waals surface area contributed by atoms with Crippen LogP contribution in [0.1, 0.15) is 19.8 Å². The van der Waals surface area contributed by atoms with Crippen LogP contribution in [0.3, 0.4) is 0 Å². The van der Waals surface area contributed by atoms with Crippen molar-refractivity contribution in [1.82, 2.24) is 9.80 Å². The Kier molecular flexibility index (Phi) is 6.18. The average molecular weight is 230 g/mol. The highest BCUT2D eigenvalue weighted by Crippen LogP contribution is 2.04. The molecule has 94 valence electrons. The van der Waals surface area contributed by atoms with E-state index in [1.165, 1.54) is 0 Å². The predicted octanol–water partition coefficient (Wildman–Crippen LogP) is 0.533. The number of carbonyl (C=O) groups is 1. The van der Waals surface area contributed by atoms with Crippen LogP contribution < -0.4 is 0 Å². The summed E-state index contributed by atoms with van der Waals surface area (Å²) >= 11 is 0. The van der Waals surface area contributed by atoms with E-state index < -0.39 is 0 Å². The van der Waals surface area contributed by atoms with Gasteiger partial charge in [-0.25, -0.2) is 4.79 Å². The molecule has 0 atom stereocenters. The van der Waals surface area contributed by atoms with Crippen LogP contribution in [0.25, 0.3) is 0 Å². The van der Waals surface area contributed by atoms with Gasteiger partial charge in [0, 0.05) is 26.2 Å². The maximum Gasteiger partial charge on any atom is 0.320 e. The molecule has 5 heteroatoms. The van der Waals surface area contributed by atoms with Crippen molar-refractivity contribution in [3.05, 3.63) is 0 Å². The fraction of sp³-hybridized carbons (Fsp3) is 0.909. The number of unbranched alkanes of at least 4 members (excludes halogenated alkanes) is 1. The van der Waals surface area contributed by atoms with Crippen LogP contribution in [0.5, 0.6) is 0 Å². The van der Waals surface area contributed by atoms with Gasteiger partial charge in [-0.15, -0.1) is 0 Å². The van der Waals surface area contributed by atoms with Crippen LogP contribution in [-0.2, 0) is 4.74 Å². The predicted molar refractivity (Wildman–Crippen MR) is 61.4 cm³/mol. The van der Waals surface area contributed by atoms with Crippen molar-refractivity contribution in [3.8, 4) is 0 Å². The van der Waals surface area contributed by atoms with Gasteiger partial charge in [0.25, 0.3) is 0 Å². The van der Waals surface area contributed by atoms with E-state index in [4.69, 9.17) is 9.84 Å². The van der Waals surface area contributed by atoms with Crippen LogP contribution in [-0.4, -0.2) is 66.9 Å². The highest BCUT2D eigenvalue weighted by molar-refractivity contribution is 5.74. The molecule has 0 aromatic carbocycles. The second kappa shape index (κ2) is 7.46. The summed E-state index contributed by atoms with van der Waals surface area (Å²) in [5.74, 6) is 0. The SMILES string of the molecule is CCCCN(CCO)C(=O)N1CCOCC1. The number of rotatable bonds is 5. The minimum atomic E-state index is 0.0276. The van der Waals surface area contributed by atoms with E-state index in [-0.39, 0.29) is 12.6 Å². The van der Waals surface area contributed by atoms with E-state index in [1.807, 2.05) is 0 Å². The minimum absolute atomic E-state index is 0.0276. The molecular weight excluding hydrogens is 208 g/mol. The van der Waals surface area contributed by atoms with Gasteiger partial charge in [0.05, 0.1) is 19.8 Å². The van der Waals surface area contributed by atoms with Crippen LogP contribution in [0.4, 0.5) is 4.79 Å². The molecule has 0 aromatic rings. The number of hydrogen-bond acceptors (Lipinski definition) is 3. The van der Waals surface area contributed by atoms with Crippen LogP contribution in [0.2, 0.25) is 0 Å². The number of morpholine rings is 1. The summed E-state index contributed by atoms with van der Waals surface area (Å²) in [7, 11) is 0. The molecular formula is C11H22N2O3. The number of hydrogen-bond donors (Lipinski definition) is 1. The Labute approximate surface area is 97.0 Å². The molecule has 1 heterocycles. The zero-order valence-electron chi connectivity index (χ0n) is 10.0. The second-order valence-corrected chi connectivity index (χ2v) is 3.95. The zero-order valence-corrected chi connectivity index (χ0v) is 10.0. The summed E-state index contributed by atoms with van der Waals surface area (Å²) in [5.41, 5.74) is 0. The van der Waals surface area contributed by atoms with Gasteiger partial charge in [-0.2, -0.15) is 0 Å². The summed E-state index contributed by atoms with van der Waals surface area (Å²) in [6, 6.07) is 0.0331. The first-order chi connectivity index (χ1) is 7.79. The Hall–Kier alpha value is -0.810. The minimum Gasteiger partial charge on any atom is -0.395 e. The lowest BCUT2D eigenvalue weighted by Crippen LogP contribution is -2.49. The monoisotopic (exact) mass is 230 g/mol. The first-order valence-electron chi connectivity index (χ1n) is 6.02. The molecule has 16 heavy (non-hydrogen) atoms. The Bertz CT molecular complexity index is 205. The number of urea groups is 1. The molecule has 1 N–H and O–H groups in total. The summed E-state index contributed by atoms with van der Waals surface area (Å²) in [4.78, 5) is 15.6. The molecule has 0 bridgehead atoms. The lowest BCUT2D eigenvalue weighted by molar-refractivity contribution is 0.0417. The molecule has 1 aliphatic rings. The molecule has 2 amide bonds. The maximum atomic E-state index is 12.1. The Morgan fingerprint density at radius 1 is 1.38 bits per heavy atom. The zero-order chi connectivity index (χ0) is 11.8. The number of aliphatic hydroxyl groups excluding tert-OH is 1. The van der Waals surface area contributed by atoms with Crippen molar-refractivity contribution in [2.45, 2.75) is 19.8 Å². The number of carbonyl (C=O) groups excluding carboxylic acids is 1. The maximum absolute atomic E-state index is 12.1. The lowest BCUT2D eigenvalue weighted by atomic mass is 10.3. The number of ether oxygens (including phenoxy) is 1. The first kappa shape index (κ1) is 13.3. The fourth-order valence-corrected chi connectivity index (χ4v) is 1.73. The van der Waals surface area contributed by atoms with Crippen molar-refractivity contribution in [3.63, 3.8) is 0 Å². The molecule has 1 saturated heterocycles. The molecule has 0 radical (unpaired) electrons. The Balaban J connectivity index is 2.44. The van der Waals surface area contributed by atoms with Gasteiger partial charge in [-0.1, -0.05) is 13.3 Å². The molecule has 0 saturated carbocycles. The molecule has 0 aromatic heterocycles. The van der Waals surface area contributed by atoms with Gasteiger partial charge in [0.1, 0.15) is 0 Å². The van der Waals surface area contributed by atoms with Crippen LogP contribution in [0.15, 0.2) is 0 Å². The third-order valence-electron chi connectivity index (χ3n) is 2.70. The van der Waals surface area contributed by atoms with Crippen molar-refractivity contribution in [2.24, 2.45) is 0 Å². The molecule has 1 aliphatic heterocycles. The van der Waals surface area contributed by atoms with Gasteiger partial charge in [-0.3, -0.25) is 0 Å². The molecule has 1 fully saturated rings. The Morgan fingerprint density at radius 2 is 2.06 bits per heavy atom. The van der Waals surface area contributed by atoms with Gasteiger partial charge >= 0.3 is 6.03 Å². The third-order valence-corrected chi connectivity index (χ3v) is 2.70. The van der Waals surface area contributed by atoms with Crippen molar-refractivity contribution in [1.29, 1.82) is 0 Å². The summed E-state index contributed by atoms with van der Waals surface area (Å²) < 4.78 is 5.21. The smallest absolute Gasteiger partial charge is 0.320 e. The van der Waals surface area contributed by atoms with E-state index in [0.717, 1.165) is 19.4 Å². The molecule has 0 spiro atoms. The normalized spacial score (nSPS) is 16.2. The Morgan fingerprint density at radius 3 is 2.62 bits per heavy atom. The van der Waals surface area contributed by atoms with Crippen LogP contribution in [0, 0.1) is 0 Å². The van der Waals surface area contributed by atoms with E-state index in [0.29, 0.717) is 32.8 Å². The van der Waals surface area contributed by atoms with Gasteiger partial charge in [-0.05, 0) is 6.42 Å². The van der Waals surface area contributed by atoms with E-state index in [9.17, 15) is 4.79 Å². The second-order valence-electron chi connectivity index (χ2n) is 3.95. The van der Waals surface area contributed by atoms with Crippen LogP contribution >= 0.6 is 0 Å². The summed E-state index contributed by atoms with van der Waals surface area (Å²) in [6.07, 6.45) is 2.04. The largest absolute Gasteiger partial charge is 0.395 e. The fourth-order valence-electron chi connectivity index (χ4n) is 1.73. The highest BCUT2D eigenvalue weighted by atomic mass is 16.5. The quantitative estimate of drug-likeness (QED) is 0.749.